The van der Waals surface area contributed by atoms with E-state index in [4.69, 9.17) is 0 Å². The van der Waals surface area contributed by atoms with Gasteiger partial charge in [-0.1, -0.05) is 47.7 Å². The van der Waals surface area contributed by atoms with E-state index < -0.39 is 0 Å². The van der Waals surface area contributed by atoms with Crippen molar-refractivity contribution >= 4 is 15.9 Å². The molecule has 0 N–H and O–H groups in total. The predicted molar refractivity (Wildman–Crippen MR) is 53.9 cm³/mol. The average molecular weight is 217 g/mol. The lowest BCUT2D eigenvalue weighted by Crippen LogP contribution is -1.84. The number of hydrogen-bond acceptors (Lipinski definition) is 0. The molecule has 64 valence electrons. The van der Waals surface area contributed by atoms with Gasteiger partial charge in [0, 0.05) is 0 Å². The van der Waals surface area contributed by atoms with Crippen LogP contribution in [0.15, 0.2) is 10.6 Å². The molecule has 0 aromatic heterocycles. The van der Waals surface area contributed by atoms with Gasteiger partial charge in [-0.2, -0.15) is 0 Å². The van der Waals surface area contributed by atoms with Gasteiger partial charge in [-0.05, 0) is 30.2 Å². The van der Waals surface area contributed by atoms with Crippen LogP contribution >= 0.6 is 15.9 Å². The molecular weight excluding hydrogens is 200 g/mol. The molecular formula is C10H17Br. The molecule has 0 unspecified atom stereocenters. The first-order chi connectivity index (χ1) is 5.39. The maximum atomic E-state index is 3.59. The van der Waals surface area contributed by atoms with Crippen LogP contribution in [0.4, 0.5) is 0 Å². The van der Waals surface area contributed by atoms with E-state index >= 15 is 0 Å². The highest BCUT2D eigenvalue weighted by Gasteiger charge is 1.96. The fourth-order valence-corrected chi connectivity index (χ4v) is 2.02. The molecule has 11 heavy (non-hydrogen) atoms. The van der Waals surface area contributed by atoms with Crippen molar-refractivity contribution in [3.63, 3.8) is 0 Å². The minimum absolute atomic E-state index is 1.26. The fraction of sp³-hybridized carbons (Fsp3) is 0.800. The molecule has 0 saturated carbocycles. The van der Waals surface area contributed by atoms with Crippen LogP contribution in [-0.4, -0.2) is 0 Å². The quantitative estimate of drug-likeness (QED) is 0.564. The number of rotatable bonds is 0. The van der Waals surface area contributed by atoms with Gasteiger partial charge in [0.05, 0.1) is 0 Å². The van der Waals surface area contributed by atoms with E-state index in [0.717, 1.165) is 0 Å². The van der Waals surface area contributed by atoms with Gasteiger partial charge in [0.1, 0.15) is 0 Å². The summed E-state index contributed by atoms with van der Waals surface area (Å²) >= 11 is 3.59. The zero-order chi connectivity index (χ0) is 7.94. The minimum atomic E-state index is 1.26. The van der Waals surface area contributed by atoms with Crippen molar-refractivity contribution < 1.29 is 0 Å². The third-order valence-electron chi connectivity index (χ3n) is 2.24. The van der Waals surface area contributed by atoms with Crippen molar-refractivity contribution in [1.29, 1.82) is 0 Å². The maximum absolute atomic E-state index is 3.59. The molecule has 0 radical (unpaired) electrons. The smallest absolute Gasteiger partial charge is 0.00892 e. The molecule has 1 aliphatic rings. The van der Waals surface area contributed by atoms with Gasteiger partial charge >= 0.3 is 0 Å². The third kappa shape index (κ3) is 4.62. The lowest BCUT2D eigenvalue weighted by molar-refractivity contribution is 0.591. The summed E-state index contributed by atoms with van der Waals surface area (Å²) in [7, 11) is 0. The Morgan fingerprint density at radius 2 is 1.55 bits per heavy atom. The molecule has 0 amide bonds. The van der Waals surface area contributed by atoms with Gasteiger partial charge in [-0.3, -0.25) is 0 Å². The lowest BCUT2D eigenvalue weighted by atomic mass is 10.1. The molecule has 0 spiro atoms. The maximum Gasteiger partial charge on any atom is -0.00892 e. The predicted octanol–water partition coefficient (Wildman–Crippen LogP) is 4.40. The topological polar surface area (TPSA) is 0 Å². The molecule has 0 aromatic carbocycles. The van der Waals surface area contributed by atoms with Crippen LogP contribution in [0.3, 0.4) is 0 Å². The Bertz CT molecular complexity index is 127. The molecule has 1 rings (SSSR count). The van der Waals surface area contributed by atoms with Crippen LogP contribution in [-0.2, 0) is 0 Å². The Morgan fingerprint density at radius 3 is 2.36 bits per heavy atom. The second kappa shape index (κ2) is 5.82. The van der Waals surface area contributed by atoms with Gasteiger partial charge in [-0.25, -0.2) is 0 Å². The standard InChI is InChI=1S/C10H17Br/c11-10-8-6-4-2-1-3-5-7-9-10/h8H,1-7,9H2. The first-order valence-corrected chi connectivity index (χ1v) is 5.53. The van der Waals surface area contributed by atoms with Crippen LogP contribution in [0.25, 0.3) is 0 Å². The summed E-state index contributed by atoms with van der Waals surface area (Å²) in [4.78, 5) is 0. The average Bonchev–Trinajstić information content (AvgIpc) is 2.03. The van der Waals surface area contributed by atoms with Crippen LogP contribution in [0.5, 0.6) is 0 Å². The van der Waals surface area contributed by atoms with Crippen LogP contribution in [0.2, 0.25) is 0 Å². The fourth-order valence-electron chi connectivity index (χ4n) is 1.51. The summed E-state index contributed by atoms with van der Waals surface area (Å²) in [5.74, 6) is 0. The van der Waals surface area contributed by atoms with E-state index in [0.29, 0.717) is 0 Å². The van der Waals surface area contributed by atoms with Gasteiger partial charge < -0.3 is 0 Å². The van der Waals surface area contributed by atoms with Crippen LogP contribution < -0.4 is 0 Å². The van der Waals surface area contributed by atoms with E-state index in [1.54, 1.807) is 0 Å². The lowest BCUT2D eigenvalue weighted by Gasteiger charge is -2.04. The monoisotopic (exact) mass is 216 g/mol. The van der Waals surface area contributed by atoms with Crippen molar-refractivity contribution in [2.75, 3.05) is 0 Å². The number of halogens is 1. The van der Waals surface area contributed by atoms with E-state index in [-0.39, 0.29) is 0 Å². The summed E-state index contributed by atoms with van der Waals surface area (Å²) in [5, 5.41) is 0. The van der Waals surface area contributed by atoms with Crippen molar-refractivity contribution in [2.45, 2.75) is 51.4 Å². The Kier molecular flexibility index (Phi) is 4.92. The summed E-state index contributed by atoms with van der Waals surface area (Å²) in [6.07, 6.45) is 13.4. The number of hydrogen-bond donors (Lipinski definition) is 0. The molecule has 1 heteroatoms. The Labute approximate surface area is 78.2 Å². The summed E-state index contributed by atoms with van der Waals surface area (Å²) < 4.78 is 1.43. The highest BCUT2D eigenvalue weighted by Crippen LogP contribution is 2.20. The van der Waals surface area contributed by atoms with Gasteiger partial charge in [-0.15, -0.1) is 0 Å². The second-order valence-corrected chi connectivity index (χ2v) is 4.33. The van der Waals surface area contributed by atoms with Crippen molar-refractivity contribution in [3.8, 4) is 0 Å². The van der Waals surface area contributed by atoms with Crippen LogP contribution in [0, 0.1) is 0 Å². The molecule has 0 aromatic rings. The normalized spacial score (nSPS) is 22.5. The molecule has 0 aliphatic heterocycles. The molecule has 0 nitrogen and oxygen atoms in total. The Hall–Kier alpha value is 0.220. The highest BCUT2D eigenvalue weighted by molar-refractivity contribution is 9.11. The van der Waals surface area contributed by atoms with Gasteiger partial charge in [0.25, 0.3) is 0 Å². The van der Waals surface area contributed by atoms with Crippen molar-refractivity contribution in [1.82, 2.24) is 0 Å². The second-order valence-electron chi connectivity index (χ2n) is 3.31. The Morgan fingerprint density at radius 1 is 0.909 bits per heavy atom. The third-order valence-corrected chi connectivity index (χ3v) is 2.96. The SMILES string of the molecule is BrC1=CCCCCCCCC1. The minimum Gasteiger partial charge on any atom is -0.0744 e. The summed E-state index contributed by atoms with van der Waals surface area (Å²) in [6.45, 7) is 0. The molecule has 0 bridgehead atoms. The zero-order valence-corrected chi connectivity index (χ0v) is 8.70. The zero-order valence-electron chi connectivity index (χ0n) is 7.11. The van der Waals surface area contributed by atoms with E-state index in [1.165, 1.54) is 55.8 Å². The molecule has 0 fully saturated rings. The molecule has 0 atom stereocenters. The van der Waals surface area contributed by atoms with E-state index in [1.807, 2.05) is 0 Å². The van der Waals surface area contributed by atoms with Crippen LogP contribution in [0.1, 0.15) is 51.4 Å². The van der Waals surface area contributed by atoms with Crippen molar-refractivity contribution in [3.05, 3.63) is 10.6 Å². The summed E-state index contributed by atoms with van der Waals surface area (Å²) in [6, 6.07) is 0. The first-order valence-electron chi connectivity index (χ1n) is 4.74. The molecule has 0 heterocycles. The first kappa shape index (κ1) is 9.31. The van der Waals surface area contributed by atoms with E-state index in [9.17, 15) is 0 Å². The van der Waals surface area contributed by atoms with Gasteiger partial charge in [0.2, 0.25) is 0 Å². The summed E-state index contributed by atoms with van der Waals surface area (Å²) in [5.41, 5.74) is 0. The highest BCUT2D eigenvalue weighted by atomic mass is 79.9. The number of allylic oxidation sites excluding steroid dienone is 2. The van der Waals surface area contributed by atoms with E-state index in [2.05, 4.69) is 22.0 Å². The molecule has 0 saturated heterocycles. The Balaban J connectivity index is 2.27. The largest absolute Gasteiger partial charge is 0.0744 e. The molecule has 1 aliphatic carbocycles. The van der Waals surface area contributed by atoms with Crippen molar-refractivity contribution in [2.24, 2.45) is 0 Å². The van der Waals surface area contributed by atoms with Gasteiger partial charge in [0.15, 0.2) is 0 Å².